The van der Waals surface area contributed by atoms with E-state index in [-0.39, 0.29) is 18.3 Å². The molecule has 2 aromatic carbocycles. The summed E-state index contributed by atoms with van der Waals surface area (Å²) < 4.78 is 13.2. The molecule has 4 N–H and O–H groups in total. The molecule has 0 bridgehead atoms. The summed E-state index contributed by atoms with van der Waals surface area (Å²) >= 11 is 0. The smallest absolute Gasteiger partial charge is 0.243 e. The maximum Gasteiger partial charge on any atom is 0.243 e. The van der Waals surface area contributed by atoms with Crippen molar-refractivity contribution in [3.05, 3.63) is 71.0 Å². The topological polar surface area (TPSA) is 101 Å². The minimum Gasteiger partial charge on any atom is -0.368 e. The summed E-state index contributed by atoms with van der Waals surface area (Å²) in [5.41, 5.74) is 8.20. The van der Waals surface area contributed by atoms with E-state index in [1.165, 1.54) is 19.1 Å². The number of nitrogens with two attached hydrogens (primary N) is 1. The molecule has 0 spiro atoms. The quantitative estimate of drug-likeness (QED) is 0.603. The molecule has 0 aliphatic rings. The number of hydrogen-bond acceptors (Lipinski definition) is 3. The monoisotopic (exact) mass is 427 g/mol. The number of carbonyl (C=O) groups excluding carboxylic acids is 3. The molecule has 0 fully saturated rings. The fourth-order valence-corrected chi connectivity index (χ4v) is 3.18. The van der Waals surface area contributed by atoms with Crippen molar-refractivity contribution in [3.63, 3.8) is 0 Å². The van der Waals surface area contributed by atoms with Crippen LogP contribution in [-0.4, -0.2) is 29.8 Å². The van der Waals surface area contributed by atoms with Gasteiger partial charge in [-0.15, -0.1) is 0 Å². The highest BCUT2D eigenvalue weighted by atomic mass is 19.1. The SMILES string of the molecule is CC(=O)N[C@@H](Cc1ccc(F)cc1)C(=O)N[C@@H](Cc1ccc(C(C)(C)C)cc1)C(N)=O. The average molecular weight is 428 g/mol. The van der Waals surface area contributed by atoms with E-state index in [0.29, 0.717) is 5.56 Å². The molecule has 2 aromatic rings. The van der Waals surface area contributed by atoms with Gasteiger partial charge in [0.15, 0.2) is 0 Å². The minimum absolute atomic E-state index is 0.00175. The molecule has 0 unspecified atom stereocenters. The lowest BCUT2D eigenvalue weighted by atomic mass is 9.86. The Morgan fingerprint density at radius 2 is 1.35 bits per heavy atom. The molecule has 0 saturated heterocycles. The van der Waals surface area contributed by atoms with E-state index in [4.69, 9.17) is 5.73 Å². The van der Waals surface area contributed by atoms with Gasteiger partial charge in [-0.2, -0.15) is 0 Å². The molecule has 2 atom stereocenters. The highest BCUT2D eigenvalue weighted by molar-refractivity contribution is 5.91. The molecule has 0 aliphatic carbocycles. The number of hydrogen-bond donors (Lipinski definition) is 3. The maximum absolute atomic E-state index is 13.2. The second-order valence-electron chi connectivity index (χ2n) is 8.70. The van der Waals surface area contributed by atoms with Gasteiger partial charge in [0.2, 0.25) is 17.7 Å². The second kappa shape index (κ2) is 10.2. The Kier molecular flexibility index (Phi) is 7.91. The lowest BCUT2D eigenvalue weighted by Gasteiger charge is -2.22. The molecule has 0 aliphatic heterocycles. The summed E-state index contributed by atoms with van der Waals surface area (Å²) in [7, 11) is 0. The predicted molar refractivity (Wildman–Crippen MR) is 118 cm³/mol. The summed E-state index contributed by atoms with van der Waals surface area (Å²) in [5, 5.41) is 5.22. The van der Waals surface area contributed by atoms with Crippen LogP contribution in [-0.2, 0) is 32.6 Å². The first-order valence-electron chi connectivity index (χ1n) is 10.2. The summed E-state index contributed by atoms with van der Waals surface area (Å²) in [6.45, 7) is 7.63. The number of carbonyl (C=O) groups is 3. The molecule has 166 valence electrons. The lowest BCUT2D eigenvalue weighted by Crippen LogP contribution is -2.54. The molecule has 3 amide bonds. The number of nitrogens with one attached hydrogen (secondary N) is 2. The maximum atomic E-state index is 13.2. The Hall–Kier alpha value is -3.22. The highest BCUT2D eigenvalue weighted by Crippen LogP contribution is 2.22. The first kappa shape index (κ1) is 24.1. The zero-order valence-corrected chi connectivity index (χ0v) is 18.4. The third-order valence-corrected chi connectivity index (χ3v) is 4.97. The predicted octanol–water partition coefficient (Wildman–Crippen LogP) is 2.38. The van der Waals surface area contributed by atoms with Gasteiger partial charge >= 0.3 is 0 Å². The molecular formula is C24H30FN3O3. The standard InChI is InChI=1S/C24H30FN3O3/c1-15(29)27-21(14-17-7-11-19(25)12-8-17)23(31)28-20(22(26)30)13-16-5-9-18(10-6-16)24(2,3)4/h5-12,20-21H,13-14H2,1-4H3,(H2,26,30)(H,27,29)(H,28,31)/t20-,21-/m0/s1. The largest absolute Gasteiger partial charge is 0.368 e. The zero-order valence-electron chi connectivity index (χ0n) is 18.4. The van der Waals surface area contributed by atoms with Crippen LogP contribution in [0.15, 0.2) is 48.5 Å². The van der Waals surface area contributed by atoms with Gasteiger partial charge in [-0.1, -0.05) is 57.2 Å². The van der Waals surface area contributed by atoms with Crippen molar-refractivity contribution in [1.82, 2.24) is 10.6 Å². The molecular weight excluding hydrogens is 397 g/mol. The number of primary amides is 1. The summed E-state index contributed by atoms with van der Waals surface area (Å²) in [6.07, 6.45) is 0.381. The van der Waals surface area contributed by atoms with Crippen molar-refractivity contribution in [2.45, 2.75) is 58.0 Å². The second-order valence-corrected chi connectivity index (χ2v) is 8.70. The highest BCUT2D eigenvalue weighted by Gasteiger charge is 2.25. The number of halogens is 1. The van der Waals surface area contributed by atoms with Crippen molar-refractivity contribution < 1.29 is 18.8 Å². The Labute approximate surface area is 182 Å². The van der Waals surface area contributed by atoms with Gasteiger partial charge in [-0.25, -0.2) is 4.39 Å². The van der Waals surface area contributed by atoms with Gasteiger partial charge in [0.05, 0.1) is 0 Å². The number of rotatable bonds is 8. The van der Waals surface area contributed by atoms with Crippen LogP contribution in [0.5, 0.6) is 0 Å². The Morgan fingerprint density at radius 1 is 0.871 bits per heavy atom. The van der Waals surface area contributed by atoms with Crippen LogP contribution >= 0.6 is 0 Å². The van der Waals surface area contributed by atoms with Gasteiger partial charge in [0.1, 0.15) is 17.9 Å². The fraction of sp³-hybridized carbons (Fsp3) is 0.375. The van der Waals surface area contributed by atoms with Crippen LogP contribution < -0.4 is 16.4 Å². The van der Waals surface area contributed by atoms with E-state index < -0.39 is 35.6 Å². The molecule has 31 heavy (non-hydrogen) atoms. The first-order valence-corrected chi connectivity index (χ1v) is 10.2. The van der Waals surface area contributed by atoms with Crippen molar-refractivity contribution in [2.75, 3.05) is 0 Å². The molecule has 7 heteroatoms. The van der Waals surface area contributed by atoms with E-state index >= 15 is 0 Å². The van der Waals surface area contributed by atoms with Crippen molar-refractivity contribution >= 4 is 17.7 Å². The molecule has 2 rings (SSSR count). The molecule has 0 radical (unpaired) electrons. The van der Waals surface area contributed by atoms with Crippen molar-refractivity contribution in [3.8, 4) is 0 Å². The van der Waals surface area contributed by atoms with Crippen molar-refractivity contribution in [2.24, 2.45) is 5.73 Å². The molecule has 0 aromatic heterocycles. The van der Waals surface area contributed by atoms with Gasteiger partial charge < -0.3 is 16.4 Å². The van der Waals surface area contributed by atoms with Crippen LogP contribution in [0, 0.1) is 5.82 Å². The third kappa shape index (κ3) is 7.51. The van der Waals surface area contributed by atoms with Crippen LogP contribution in [0.2, 0.25) is 0 Å². The molecule has 6 nitrogen and oxygen atoms in total. The van der Waals surface area contributed by atoms with E-state index in [0.717, 1.165) is 11.1 Å². The summed E-state index contributed by atoms with van der Waals surface area (Å²) in [5.74, 6) is -1.99. The van der Waals surface area contributed by atoms with Gasteiger partial charge in [0, 0.05) is 19.8 Å². The third-order valence-electron chi connectivity index (χ3n) is 4.97. The van der Waals surface area contributed by atoms with Crippen LogP contribution in [0.1, 0.15) is 44.4 Å². The van der Waals surface area contributed by atoms with Crippen LogP contribution in [0.25, 0.3) is 0 Å². The number of benzene rings is 2. The molecule has 0 saturated carbocycles. The van der Waals surface area contributed by atoms with Crippen LogP contribution in [0.3, 0.4) is 0 Å². The zero-order chi connectivity index (χ0) is 23.2. The van der Waals surface area contributed by atoms with Crippen molar-refractivity contribution in [1.29, 1.82) is 0 Å². The summed E-state index contributed by atoms with van der Waals surface area (Å²) in [6, 6.07) is 11.6. The van der Waals surface area contributed by atoms with Gasteiger partial charge in [0.25, 0.3) is 0 Å². The fourth-order valence-electron chi connectivity index (χ4n) is 3.18. The van der Waals surface area contributed by atoms with Gasteiger partial charge in [-0.3, -0.25) is 14.4 Å². The lowest BCUT2D eigenvalue weighted by molar-refractivity contribution is -0.130. The Bertz CT molecular complexity index is 919. The molecule has 0 heterocycles. The normalized spacial score (nSPS) is 13.2. The average Bonchev–Trinajstić information content (AvgIpc) is 2.68. The van der Waals surface area contributed by atoms with Crippen LogP contribution in [0.4, 0.5) is 4.39 Å². The summed E-state index contributed by atoms with van der Waals surface area (Å²) in [4.78, 5) is 36.4. The van der Waals surface area contributed by atoms with E-state index in [1.54, 1.807) is 12.1 Å². The number of amides is 3. The van der Waals surface area contributed by atoms with E-state index in [2.05, 4.69) is 31.4 Å². The van der Waals surface area contributed by atoms with E-state index in [9.17, 15) is 18.8 Å². The van der Waals surface area contributed by atoms with Gasteiger partial charge in [-0.05, 0) is 34.2 Å². The minimum atomic E-state index is -0.933. The van der Waals surface area contributed by atoms with E-state index in [1.807, 2.05) is 24.3 Å². The first-order chi connectivity index (χ1) is 14.5. The Morgan fingerprint density at radius 3 is 1.81 bits per heavy atom. The Balaban J connectivity index is 2.12.